The van der Waals surface area contributed by atoms with Crippen LogP contribution in [0.3, 0.4) is 0 Å². The molecule has 0 saturated heterocycles. The lowest BCUT2D eigenvalue weighted by atomic mass is 9.80. The molecule has 0 aliphatic heterocycles. The maximum Gasteiger partial charge on any atom is -0.0122 e. The fraction of sp³-hybridized carbons (Fsp3) is 0.300. The Morgan fingerprint density at radius 2 is 1.25 bits per heavy atom. The summed E-state index contributed by atoms with van der Waals surface area (Å²) >= 11 is 0. The van der Waals surface area contributed by atoms with E-state index in [2.05, 4.69) is 72.8 Å². The Balaban J connectivity index is 1.84. The number of rotatable bonds is 2. The summed E-state index contributed by atoms with van der Waals surface area (Å²) < 4.78 is 0. The van der Waals surface area contributed by atoms with Crippen molar-refractivity contribution in [2.45, 2.75) is 37.5 Å². The molecule has 0 nitrogen and oxygen atoms in total. The smallest absolute Gasteiger partial charge is 0.0122 e. The van der Waals surface area contributed by atoms with Gasteiger partial charge in [0.15, 0.2) is 0 Å². The van der Waals surface area contributed by atoms with E-state index in [1.807, 2.05) is 0 Å². The molecule has 0 spiro atoms. The Hall–Kier alpha value is -1.82. The van der Waals surface area contributed by atoms with Gasteiger partial charge in [0.25, 0.3) is 0 Å². The van der Waals surface area contributed by atoms with Gasteiger partial charge in [-0.05, 0) is 48.6 Å². The Morgan fingerprint density at radius 3 is 1.90 bits per heavy atom. The van der Waals surface area contributed by atoms with Gasteiger partial charge in [-0.25, -0.2) is 0 Å². The van der Waals surface area contributed by atoms with Gasteiger partial charge in [0.05, 0.1) is 0 Å². The van der Waals surface area contributed by atoms with Crippen LogP contribution < -0.4 is 0 Å². The second-order valence-electron chi connectivity index (χ2n) is 5.74. The molecule has 0 fully saturated rings. The molecule has 0 amide bonds. The molecule has 0 radical (unpaired) electrons. The Bertz CT molecular complexity index is 539. The first-order valence-corrected chi connectivity index (χ1v) is 7.68. The first-order valence-electron chi connectivity index (χ1n) is 7.68. The molecule has 2 unspecified atom stereocenters. The largest absolute Gasteiger partial charge is 0.0885 e. The molecule has 3 rings (SSSR count). The lowest BCUT2D eigenvalue weighted by Gasteiger charge is -2.25. The Kier molecular flexibility index (Phi) is 4.32. The maximum atomic E-state index is 2.37. The monoisotopic (exact) mass is 262 g/mol. The first kappa shape index (κ1) is 13.2. The molecule has 20 heavy (non-hydrogen) atoms. The van der Waals surface area contributed by atoms with E-state index in [-0.39, 0.29) is 0 Å². The molecule has 102 valence electrons. The van der Waals surface area contributed by atoms with E-state index >= 15 is 0 Å². The predicted octanol–water partition coefficient (Wildman–Crippen LogP) is 5.68. The van der Waals surface area contributed by atoms with E-state index in [9.17, 15) is 0 Å². The summed E-state index contributed by atoms with van der Waals surface area (Å²) in [5.74, 6) is 1.34. The normalized spacial score (nSPS) is 24.6. The van der Waals surface area contributed by atoms with Crippen molar-refractivity contribution in [1.82, 2.24) is 0 Å². The molecule has 1 aliphatic carbocycles. The number of hydrogen-bond acceptors (Lipinski definition) is 0. The molecule has 2 aromatic rings. The fourth-order valence-corrected chi connectivity index (χ4v) is 3.26. The predicted molar refractivity (Wildman–Crippen MR) is 86.0 cm³/mol. The van der Waals surface area contributed by atoms with Crippen LogP contribution in [0.15, 0.2) is 72.8 Å². The quantitative estimate of drug-likeness (QED) is 0.610. The van der Waals surface area contributed by atoms with Crippen molar-refractivity contribution in [2.24, 2.45) is 0 Å². The van der Waals surface area contributed by atoms with E-state index in [1.54, 1.807) is 0 Å². The van der Waals surface area contributed by atoms with Crippen LogP contribution in [0.2, 0.25) is 0 Å². The van der Waals surface area contributed by atoms with Crippen molar-refractivity contribution in [1.29, 1.82) is 0 Å². The van der Waals surface area contributed by atoms with Crippen LogP contribution >= 0.6 is 0 Å². The lowest BCUT2D eigenvalue weighted by Crippen LogP contribution is -2.08. The SMILES string of the molecule is C1=C\CC(c2ccccc2)CC(c2ccccc2)CC/1. The number of hydrogen-bond donors (Lipinski definition) is 0. The molecule has 2 aromatic carbocycles. The third kappa shape index (κ3) is 3.19. The molecule has 0 aromatic heterocycles. The molecule has 0 saturated carbocycles. The molecule has 0 heteroatoms. The Morgan fingerprint density at radius 1 is 0.650 bits per heavy atom. The molecular formula is C20H22. The van der Waals surface area contributed by atoms with Crippen LogP contribution in [0.25, 0.3) is 0 Å². The van der Waals surface area contributed by atoms with Crippen LogP contribution in [0.1, 0.15) is 48.6 Å². The summed E-state index contributed by atoms with van der Waals surface area (Å²) in [7, 11) is 0. The summed E-state index contributed by atoms with van der Waals surface area (Å²) in [6.45, 7) is 0. The maximum absolute atomic E-state index is 2.37. The van der Waals surface area contributed by atoms with Crippen LogP contribution in [-0.4, -0.2) is 0 Å². The van der Waals surface area contributed by atoms with Gasteiger partial charge in [-0.15, -0.1) is 0 Å². The summed E-state index contributed by atoms with van der Waals surface area (Å²) in [6, 6.07) is 22.0. The zero-order chi connectivity index (χ0) is 13.6. The van der Waals surface area contributed by atoms with E-state index in [0.29, 0.717) is 11.8 Å². The minimum atomic E-state index is 0.651. The molecule has 0 N–H and O–H groups in total. The van der Waals surface area contributed by atoms with Gasteiger partial charge in [0, 0.05) is 0 Å². The van der Waals surface area contributed by atoms with Crippen molar-refractivity contribution in [3.05, 3.63) is 83.9 Å². The number of allylic oxidation sites excluding steroid dienone is 2. The highest BCUT2D eigenvalue weighted by atomic mass is 14.2. The van der Waals surface area contributed by atoms with E-state index in [4.69, 9.17) is 0 Å². The van der Waals surface area contributed by atoms with E-state index in [1.165, 1.54) is 36.8 Å². The van der Waals surface area contributed by atoms with Gasteiger partial charge >= 0.3 is 0 Å². The third-order valence-corrected chi connectivity index (χ3v) is 4.38. The van der Waals surface area contributed by atoms with Crippen LogP contribution in [0, 0.1) is 0 Å². The summed E-state index contributed by atoms with van der Waals surface area (Å²) in [5, 5.41) is 0. The fourth-order valence-electron chi connectivity index (χ4n) is 3.26. The van der Waals surface area contributed by atoms with Crippen molar-refractivity contribution >= 4 is 0 Å². The topological polar surface area (TPSA) is 0 Å². The van der Waals surface area contributed by atoms with Crippen LogP contribution in [0.4, 0.5) is 0 Å². The zero-order valence-electron chi connectivity index (χ0n) is 11.9. The average Bonchev–Trinajstić information content (AvgIpc) is 2.49. The highest BCUT2D eigenvalue weighted by molar-refractivity contribution is 5.25. The van der Waals surface area contributed by atoms with Crippen LogP contribution in [-0.2, 0) is 0 Å². The highest BCUT2D eigenvalue weighted by Gasteiger charge is 2.19. The third-order valence-electron chi connectivity index (χ3n) is 4.38. The van der Waals surface area contributed by atoms with Crippen molar-refractivity contribution in [3.63, 3.8) is 0 Å². The summed E-state index contributed by atoms with van der Waals surface area (Å²) in [5.41, 5.74) is 2.99. The second-order valence-corrected chi connectivity index (χ2v) is 5.74. The van der Waals surface area contributed by atoms with E-state index in [0.717, 1.165) is 0 Å². The zero-order valence-corrected chi connectivity index (χ0v) is 11.9. The first-order chi connectivity index (χ1) is 9.93. The lowest BCUT2D eigenvalue weighted by molar-refractivity contribution is 0.499. The van der Waals surface area contributed by atoms with Crippen molar-refractivity contribution < 1.29 is 0 Å². The van der Waals surface area contributed by atoms with Gasteiger partial charge in [-0.3, -0.25) is 0 Å². The summed E-state index contributed by atoms with van der Waals surface area (Å²) in [4.78, 5) is 0. The van der Waals surface area contributed by atoms with Crippen molar-refractivity contribution in [3.8, 4) is 0 Å². The molecular weight excluding hydrogens is 240 g/mol. The van der Waals surface area contributed by atoms with Crippen LogP contribution in [0.5, 0.6) is 0 Å². The van der Waals surface area contributed by atoms with Gasteiger partial charge in [0.1, 0.15) is 0 Å². The van der Waals surface area contributed by atoms with Gasteiger partial charge in [-0.2, -0.15) is 0 Å². The van der Waals surface area contributed by atoms with E-state index < -0.39 is 0 Å². The summed E-state index contributed by atoms with van der Waals surface area (Å²) in [6.07, 6.45) is 9.65. The molecule has 0 bridgehead atoms. The van der Waals surface area contributed by atoms with Gasteiger partial charge in [0.2, 0.25) is 0 Å². The average molecular weight is 262 g/mol. The second kappa shape index (κ2) is 6.56. The minimum Gasteiger partial charge on any atom is -0.0885 e. The van der Waals surface area contributed by atoms with Gasteiger partial charge < -0.3 is 0 Å². The standard InChI is InChI=1S/C20H22/c1-4-10-17(11-5-1)19-14-8-3-9-15-20(16-19)18-12-6-2-7-13-18/h1-8,10-13,19-20H,9,14-16H2/b8-3-. The molecule has 1 aliphatic rings. The number of benzene rings is 2. The molecule has 2 atom stereocenters. The van der Waals surface area contributed by atoms with Crippen molar-refractivity contribution in [2.75, 3.05) is 0 Å². The molecule has 0 heterocycles. The minimum absolute atomic E-state index is 0.651. The Labute approximate surface area is 122 Å². The van der Waals surface area contributed by atoms with Gasteiger partial charge in [-0.1, -0.05) is 72.8 Å². The highest BCUT2D eigenvalue weighted by Crippen LogP contribution is 2.36.